The maximum absolute atomic E-state index is 14.3. The highest BCUT2D eigenvalue weighted by molar-refractivity contribution is 6.02. The highest BCUT2D eigenvalue weighted by Gasteiger charge is 2.35. The number of carbonyl (C=O) groups excluding carboxylic acids is 3. The van der Waals surface area contributed by atoms with Gasteiger partial charge >= 0.3 is 11.9 Å². The number of aryl methyl sites for hydroxylation is 1. The van der Waals surface area contributed by atoms with E-state index in [-0.39, 0.29) is 24.4 Å². The number of anilines is 1. The van der Waals surface area contributed by atoms with Crippen LogP contribution in [0.2, 0.25) is 0 Å². The van der Waals surface area contributed by atoms with Crippen LogP contribution in [0.15, 0.2) is 84.9 Å². The average molecular weight is 573 g/mol. The summed E-state index contributed by atoms with van der Waals surface area (Å²) in [5.41, 5.74) is 3.81. The van der Waals surface area contributed by atoms with Crippen LogP contribution in [-0.4, -0.2) is 49.7 Å². The highest BCUT2D eigenvalue weighted by atomic mass is 16.5. The van der Waals surface area contributed by atoms with Crippen molar-refractivity contribution < 1.29 is 23.9 Å². The monoisotopic (exact) mass is 572 g/mol. The summed E-state index contributed by atoms with van der Waals surface area (Å²) in [6.45, 7) is 7.73. The third-order valence-corrected chi connectivity index (χ3v) is 7.20. The number of hydrogen-bond acceptors (Lipinski definition) is 6. The fourth-order valence-corrected chi connectivity index (χ4v) is 5.05. The maximum Gasteiger partial charge on any atom is 0.328 e. The van der Waals surface area contributed by atoms with Crippen LogP contribution in [0.1, 0.15) is 52.5 Å². The van der Waals surface area contributed by atoms with Crippen LogP contribution in [0.25, 0.3) is 11.1 Å². The molecule has 0 aliphatic rings. The smallest absolute Gasteiger partial charge is 0.328 e. The van der Waals surface area contributed by atoms with Crippen molar-refractivity contribution in [2.45, 2.75) is 71.5 Å². The number of rotatable bonds is 15. The summed E-state index contributed by atoms with van der Waals surface area (Å²) >= 11 is 0. The van der Waals surface area contributed by atoms with Gasteiger partial charge < -0.3 is 9.47 Å². The number of nitrogens with zero attached hydrogens (tertiary/aromatic N) is 1. The molecule has 7 nitrogen and oxygen atoms in total. The number of benzene rings is 3. The molecule has 3 aromatic carbocycles. The van der Waals surface area contributed by atoms with Gasteiger partial charge in [0, 0.05) is 5.69 Å². The molecular weight excluding hydrogens is 528 g/mol. The molecule has 0 fully saturated rings. The summed E-state index contributed by atoms with van der Waals surface area (Å²) in [4.78, 5) is 41.6. The molecule has 42 heavy (non-hydrogen) atoms. The fraction of sp³-hybridized carbons (Fsp3) is 0.400. The normalized spacial score (nSPS) is 13.2. The van der Waals surface area contributed by atoms with Crippen molar-refractivity contribution in [1.29, 1.82) is 0 Å². The van der Waals surface area contributed by atoms with E-state index in [4.69, 9.17) is 9.47 Å². The second-order valence-corrected chi connectivity index (χ2v) is 10.9. The third-order valence-electron chi connectivity index (χ3n) is 7.20. The van der Waals surface area contributed by atoms with E-state index >= 15 is 0 Å². The van der Waals surface area contributed by atoms with Crippen molar-refractivity contribution in [1.82, 2.24) is 5.32 Å². The van der Waals surface area contributed by atoms with Crippen LogP contribution in [-0.2, 0) is 30.3 Å². The second kappa shape index (κ2) is 16.5. The summed E-state index contributed by atoms with van der Waals surface area (Å²) in [6.07, 6.45) is 2.53. The second-order valence-electron chi connectivity index (χ2n) is 10.9. The Hall–Kier alpha value is -3.97. The minimum atomic E-state index is -0.874. The minimum absolute atomic E-state index is 0.148. The van der Waals surface area contributed by atoms with E-state index in [0.29, 0.717) is 18.5 Å². The number of esters is 2. The van der Waals surface area contributed by atoms with Gasteiger partial charge in [0.05, 0.1) is 19.8 Å². The van der Waals surface area contributed by atoms with Gasteiger partial charge in [-0.15, -0.1) is 0 Å². The maximum atomic E-state index is 14.3. The molecule has 3 rings (SSSR count). The van der Waals surface area contributed by atoms with Gasteiger partial charge in [-0.05, 0) is 74.3 Å². The molecule has 0 saturated heterocycles. The summed E-state index contributed by atoms with van der Waals surface area (Å²) < 4.78 is 10.4. The predicted molar refractivity (Wildman–Crippen MR) is 167 cm³/mol. The number of carbonyl (C=O) groups is 3. The van der Waals surface area contributed by atoms with Crippen LogP contribution in [0.3, 0.4) is 0 Å². The summed E-state index contributed by atoms with van der Waals surface area (Å²) in [7, 11) is 1.31. The molecule has 0 bridgehead atoms. The first-order valence-corrected chi connectivity index (χ1v) is 14.8. The Morgan fingerprint density at radius 2 is 1.38 bits per heavy atom. The van der Waals surface area contributed by atoms with Crippen LogP contribution in [0, 0.1) is 5.92 Å². The first kappa shape index (κ1) is 32.5. The predicted octanol–water partition coefficient (Wildman–Crippen LogP) is 6.21. The van der Waals surface area contributed by atoms with Crippen molar-refractivity contribution in [3.8, 4) is 11.1 Å². The van der Waals surface area contributed by atoms with Crippen LogP contribution in [0.4, 0.5) is 5.69 Å². The third kappa shape index (κ3) is 9.28. The number of nitrogens with one attached hydrogen (secondary N) is 1. The summed E-state index contributed by atoms with van der Waals surface area (Å²) in [5.74, 6) is -1.06. The van der Waals surface area contributed by atoms with Crippen molar-refractivity contribution in [3.63, 3.8) is 0 Å². The number of methoxy groups -OCH3 is 1. The molecule has 0 radical (unpaired) electrons. The van der Waals surface area contributed by atoms with Crippen LogP contribution in [0.5, 0.6) is 0 Å². The fourth-order valence-electron chi connectivity index (χ4n) is 5.05. The van der Waals surface area contributed by atoms with E-state index in [9.17, 15) is 14.4 Å². The zero-order valence-corrected chi connectivity index (χ0v) is 25.4. The first-order valence-electron chi connectivity index (χ1n) is 14.8. The molecule has 0 heterocycles. The molecule has 0 saturated carbocycles. The van der Waals surface area contributed by atoms with Gasteiger partial charge in [-0.2, -0.15) is 0 Å². The average Bonchev–Trinajstić information content (AvgIpc) is 3.00. The molecule has 224 valence electrons. The van der Waals surface area contributed by atoms with Gasteiger partial charge in [0.25, 0.3) is 0 Å². The molecule has 0 aliphatic heterocycles. The summed E-state index contributed by atoms with van der Waals surface area (Å²) in [5, 5.41) is 3.34. The Morgan fingerprint density at radius 3 is 1.95 bits per heavy atom. The van der Waals surface area contributed by atoms with E-state index in [2.05, 4.69) is 17.4 Å². The Morgan fingerprint density at radius 1 is 0.786 bits per heavy atom. The zero-order chi connectivity index (χ0) is 30.5. The summed E-state index contributed by atoms with van der Waals surface area (Å²) in [6, 6.07) is 25.3. The zero-order valence-electron chi connectivity index (χ0n) is 25.4. The Bertz CT molecular complexity index is 1260. The van der Waals surface area contributed by atoms with E-state index in [1.807, 2.05) is 86.6 Å². The van der Waals surface area contributed by atoms with Crippen molar-refractivity contribution in [2.24, 2.45) is 5.92 Å². The topological polar surface area (TPSA) is 84.9 Å². The molecule has 3 atom stereocenters. The molecule has 0 spiro atoms. The molecule has 0 unspecified atom stereocenters. The van der Waals surface area contributed by atoms with Gasteiger partial charge in [0.15, 0.2) is 0 Å². The van der Waals surface area contributed by atoms with E-state index < -0.39 is 24.1 Å². The quantitative estimate of drug-likeness (QED) is 0.218. The molecule has 1 amide bonds. The van der Waals surface area contributed by atoms with E-state index in [1.54, 1.807) is 13.8 Å². The van der Waals surface area contributed by atoms with Crippen LogP contribution < -0.4 is 10.2 Å². The largest absolute Gasteiger partial charge is 0.467 e. The first-order chi connectivity index (χ1) is 20.2. The molecule has 0 aromatic heterocycles. The van der Waals surface area contributed by atoms with Crippen molar-refractivity contribution in [2.75, 3.05) is 18.6 Å². The van der Waals surface area contributed by atoms with Gasteiger partial charge in [-0.3, -0.25) is 19.8 Å². The Labute approximate surface area is 250 Å². The molecule has 1 N–H and O–H groups in total. The van der Waals surface area contributed by atoms with E-state index in [0.717, 1.165) is 24.0 Å². The molecule has 0 aliphatic carbocycles. The lowest BCUT2D eigenvalue weighted by Crippen LogP contribution is -2.56. The van der Waals surface area contributed by atoms with Crippen molar-refractivity contribution in [3.05, 3.63) is 90.5 Å². The number of hydrogen-bond donors (Lipinski definition) is 1. The number of amides is 1. The lowest BCUT2D eigenvalue weighted by Gasteiger charge is -2.33. The van der Waals surface area contributed by atoms with Gasteiger partial charge in [-0.25, -0.2) is 4.79 Å². The Kier molecular flexibility index (Phi) is 12.8. The van der Waals surface area contributed by atoms with Gasteiger partial charge in [0.2, 0.25) is 5.91 Å². The van der Waals surface area contributed by atoms with Crippen LogP contribution >= 0.6 is 0 Å². The highest BCUT2D eigenvalue weighted by Crippen LogP contribution is 2.26. The molecule has 7 heteroatoms. The standard InChI is InChI=1S/C35H44N2O5/c1-6-42-35(40)31(19-13-16-27-14-9-7-10-15-27)36-32(24-25(2)3)33(38)37(26(4)34(39)41-5)30-22-20-29(21-23-30)28-17-11-8-12-18-28/h7-12,14-15,17-18,20-23,25-26,31-32,36H,6,13,16,19,24H2,1-5H3/t26-,31+,32-/m0/s1. The van der Waals surface area contributed by atoms with E-state index in [1.165, 1.54) is 17.6 Å². The SMILES string of the molecule is CCOC(=O)[C@@H](CCCc1ccccc1)N[C@@H](CC(C)C)C(=O)N(c1ccc(-c2ccccc2)cc1)[C@@H](C)C(=O)OC. The molecular formula is C35H44N2O5. The lowest BCUT2D eigenvalue weighted by atomic mass is 9.98. The molecule has 3 aromatic rings. The van der Waals surface area contributed by atoms with Crippen molar-refractivity contribution >= 4 is 23.5 Å². The van der Waals surface area contributed by atoms with Gasteiger partial charge in [0.1, 0.15) is 12.1 Å². The lowest BCUT2D eigenvalue weighted by molar-refractivity contribution is -0.147. The Balaban J connectivity index is 1.90. The minimum Gasteiger partial charge on any atom is -0.467 e. The number of ether oxygens (including phenoxy) is 2. The van der Waals surface area contributed by atoms with Gasteiger partial charge in [-0.1, -0.05) is 86.6 Å².